The molecule has 2 heteroatoms. The van der Waals surface area contributed by atoms with E-state index in [9.17, 15) is 4.79 Å². The minimum Gasteiger partial charge on any atom is -0.481 e. The Morgan fingerprint density at radius 3 is 2.40 bits per heavy atom. The van der Waals surface area contributed by atoms with E-state index in [0.717, 1.165) is 6.42 Å². The monoisotopic (exact) mass is 204 g/mol. The van der Waals surface area contributed by atoms with Crippen LogP contribution in [0.4, 0.5) is 0 Å². The van der Waals surface area contributed by atoms with E-state index >= 15 is 0 Å². The Morgan fingerprint density at radius 2 is 2.00 bits per heavy atom. The predicted octanol–water partition coefficient (Wildman–Crippen LogP) is 2.68. The lowest BCUT2D eigenvalue weighted by molar-refractivity contribution is -0.139. The highest BCUT2D eigenvalue weighted by Gasteiger charge is 2.61. The molecule has 0 saturated heterocycles. The van der Waals surface area contributed by atoms with Crippen LogP contribution < -0.4 is 0 Å². The fourth-order valence-electron chi connectivity index (χ4n) is 2.63. The maximum Gasteiger partial charge on any atom is 0.307 e. The van der Waals surface area contributed by atoms with E-state index in [1.807, 2.05) is 30.3 Å². The molecule has 1 fully saturated rings. The summed E-state index contributed by atoms with van der Waals surface area (Å²) in [6.07, 6.45) is 0.782. The first-order valence-electron chi connectivity index (χ1n) is 5.37. The summed E-state index contributed by atoms with van der Waals surface area (Å²) in [7, 11) is 0. The van der Waals surface area contributed by atoms with Crippen LogP contribution in [0.15, 0.2) is 30.3 Å². The number of benzene rings is 1. The summed E-state index contributed by atoms with van der Waals surface area (Å²) in [4.78, 5) is 11.1. The predicted molar refractivity (Wildman–Crippen MR) is 58.7 cm³/mol. The first kappa shape index (κ1) is 10.2. The summed E-state index contributed by atoms with van der Waals surface area (Å²) >= 11 is 0. The van der Waals surface area contributed by atoms with Gasteiger partial charge in [0, 0.05) is 5.41 Å². The summed E-state index contributed by atoms with van der Waals surface area (Å²) in [5.41, 5.74) is 1.06. The molecule has 1 N–H and O–H groups in total. The van der Waals surface area contributed by atoms with Crippen LogP contribution in [0.25, 0.3) is 0 Å². The molecular formula is C13H16O2. The summed E-state index contributed by atoms with van der Waals surface area (Å²) in [6.45, 7) is 4.21. The van der Waals surface area contributed by atoms with Crippen molar-refractivity contribution >= 4 is 5.97 Å². The van der Waals surface area contributed by atoms with Gasteiger partial charge >= 0.3 is 5.97 Å². The van der Waals surface area contributed by atoms with Gasteiger partial charge in [-0.3, -0.25) is 4.79 Å². The number of aliphatic carboxylic acids is 1. The number of rotatable bonds is 3. The normalized spacial score (nSPS) is 29.1. The molecule has 2 atom stereocenters. The molecule has 0 aromatic heterocycles. The van der Waals surface area contributed by atoms with Crippen LogP contribution in [0.2, 0.25) is 0 Å². The second-order valence-corrected chi connectivity index (χ2v) is 4.66. The minimum absolute atomic E-state index is 0.118. The van der Waals surface area contributed by atoms with E-state index in [1.165, 1.54) is 5.56 Å². The molecule has 1 aliphatic carbocycles. The van der Waals surface area contributed by atoms with Gasteiger partial charge in [0.2, 0.25) is 0 Å². The molecule has 0 heterocycles. The SMILES string of the molecule is CC(C)C1(c2ccccc2)CC1C(=O)O. The second kappa shape index (κ2) is 3.37. The maximum atomic E-state index is 11.1. The fraction of sp³-hybridized carbons (Fsp3) is 0.462. The van der Waals surface area contributed by atoms with Crippen molar-refractivity contribution < 1.29 is 9.90 Å². The molecule has 80 valence electrons. The Hall–Kier alpha value is -1.31. The van der Waals surface area contributed by atoms with Crippen molar-refractivity contribution in [1.82, 2.24) is 0 Å². The zero-order valence-corrected chi connectivity index (χ0v) is 9.10. The number of hydrogen-bond donors (Lipinski definition) is 1. The van der Waals surface area contributed by atoms with E-state index in [2.05, 4.69) is 13.8 Å². The van der Waals surface area contributed by atoms with Gasteiger partial charge in [-0.2, -0.15) is 0 Å². The van der Waals surface area contributed by atoms with Crippen molar-refractivity contribution in [2.45, 2.75) is 25.7 Å². The Bertz CT molecular complexity index is 369. The van der Waals surface area contributed by atoms with Gasteiger partial charge in [-0.05, 0) is 17.9 Å². The van der Waals surface area contributed by atoms with Crippen LogP contribution >= 0.6 is 0 Å². The summed E-state index contributed by atoms with van der Waals surface area (Å²) < 4.78 is 0. The molecule has 2 nitrogen and oxygen atoms in total. The molecule has 0 aliphatic heterocycles. The lowest BCUT2D eigenvalue weighted by Gasteiger charge is -2.21. The number of hydrogen-bond acceptors (Lipinski definition) is 1. The zero-order valence-electron chi connectivity index (χ0n) is 9.10. The molecular weight excluding hydrogens is 188 g/mol. The van der Waals surface area contributed by atoms with E-state index in [4.69, 9.17) is 5.11 Å². The molecule has 15 heavy (non-hydrogen) atoms. The molecule has 1 aliphatic rings. The Morgan fingerprint density at radius 1 is 1.40 bits per heavy atom. The van der Waals surface area contributed by atoms with Crippen molar-refractivity contribution in [3.05, 3.63) is 35.9 Å². The Kier molecular flexibility index (Phi) is 2.29. The smallest absolute Gasteiger partial charge is 0.307 e. The van der Waals surface area contributed by atoms with Gasteiger partial charge in [0.05, 0.1) is 5.92 Å². The first-order valence-corrected chi connectivity index (χ1v) is 5.37. The third-order valence-corrected chi connectivity index (χ3v) is 3.64. The Labute approximate surface area is 89.9 Å². The lowest BCUT2D eigenvalue weighted by Crippen LogP contribution is -2.21. The van der Waals surface area contributed by atoms with Crippen LogP contribution in [0, 0.1) is 11.8 Å². The lowest BCUT2D eigenvalue weighted by atomic mass is 9.83. The van der Waals surface area contributed by atoms with Gasteiger partial charge in [0.1, 0.15) is 0 Å². The molecule has 0 bridgehead atoms. The summed E-state index contributed by atoms with van der Waals surface area (Å²) in [5, 5.41) is 9.10. The average Bonchev–Trinajstić information content (AvgIpc) is 2.95. The van der Waals surface area contributed by atoms with E-state index in [-0.39, 0.29) is 11.3 Å². The van der Waals surface area contributed by atoms with Crippen molar-refractivity contribution in [1.29, 1.82) is 0 Å². The van der Waals surface area contributed by atoms with Crippen LogP contribution in [-0.2, 0) is 10.2 Å². The topological polar surface area (TPSA) is 37.3 Å². The highest BCUT2D eigenvalue weighted by molar-refractivity contribution is 5.77. The van der Waals surface area contributed by atoms with Gasteiger partial charge in [-0.15, -0.1) is 0 Å². The average molecular weight is 204 g/mol. The maximum absolute atomic E-state index is 11.1. The van der Waals surface area contributed by atoms with Gasteiger partial charge in [-0.25, -0.2) is 0 Å². The van der Waals surface area contributed by atoms with E-state index in [0.29, 0.717) is 5.92 Å². The van der Waals surface area contributed by atoms with Gasteiger partial charge < -0.3 is 5.11 Å². The Balaban J connectivity index is 2.36. The fourth-order valence-corrected chi connectivity index (χ4v) is 2.63. The molecule has 2 unspecified atom stereocenters. The van der Waals surface area contributed by atoms with Crippen molar-refractivity contribution in [2.24, 2.45) is 11.8 Å². The van der Waals surface area contributed by atoms with E-state index in [1.54, 1.807) is 0 Å². The molecule has 2 rings (SSSR count). The van der Waals surface area contributed by atoms with Crippen molar-refractivity contribution in [2.75, 3.05) is 0 Å². The third-order valence-electron chi connectivity index (χ3n) is 3.64. The van der Waals surface area contributed by atoms with Gasteiger partial charge in [-0.1, -0.05) is 44.2 Å². The third kappa shape index (κ3) is 1.44. The van der Waals surface area contributed by atoms with Crippen molar-refractivity contribution in [3.8, 4) is 0 Å². The van der Waals surface area contributed by atoms with Crippen LogP contribution in [0.5, 0.6) is 0 Å². The van der Waals surface area contributed by atoms with Crippen LogP contribution in [-0.4, -0.2) is 11.1 Å². The molecule has 0 radical (unpaired) electrons. The number of carboxylic acid groups (broad SMARTS) is 1. The molecule has 1 aromatic rings. The van der Waals surface area contributed by atoms with Gasteiger partial charge in [0.15, 0.2) is 0 Å². The van der Waals surface area contributed by atoms with Gasteiger partial charge in [0.25, 0.3) is 0 Å². The number of carbonyl (C=O) groups is 1. The largest absolute Gasteiger partial charge is 0.481 e. The standard InChI is InChI=1S/C13H16O2/c1-9(2)13(8-11(13)12(14)15)10-6-4-3-5-7-10/h3-7,9,11H,8H2,1-2H3,(H,14,15). The minimum atomic E-state index is -0.660. The van der Waals surface area contributed by atoms with Crippen molar-refractivity contribution in [3.63, 3.8) is 0 Å². The summed E-state index contributed by atoms with van der Waals surface area (Å²) in [5.74, 6) is -0.478. The first-order chi connectivity index (χ1) is 7.09. The van der Waals surface area contributed by atoms with E-state index < -0.39 is 5.97 Å². The summed E-state index contributed by atoms with van der Waals surface area (Å²) in [6, 6.07) is 10.0. The molecule has 1 aromatic carbocycles. The van der Waals surface area contributed by atoms with Crippen LogP contribution in [0.1, 0.15) is 25.8 Å². The zero-order chi connectivity index (χ0) is 11.1. The number of carboxylic acids is 1. The highest BCUT2D eigenvalue weighted by Crippen LogP contribution is 2.59. The molecule has 0 amide bonds. The molecule has 0 spiro atoms. The van der Waals surface area contributed by atoms with Crippen LogP contribution in [0.3, 0.4) is 0 Å². The second-order valence-electron chi connectivity index (χ2n) is 4.66. The molecule has 1 saturated carbocycles. The highest BCUT2D eigenvalue weighted by atomic mass is 16.4. The quantitative estimate of drug-likeness (QED) is 0.821.